The number of aliphatic imine (C=N–C) groups is 1. The van der Waals surface area contributed by atoms with E-state index in [1.165, 1.54) is 0 Å². The second-order valence-corrected chi connectivity index (χ2v) is 5.94. The minimum absolute atomic E-state index is 0.150. The fourth-order valence-electron chi connectivity index (χ4n) is 2.03. The van der Waals surface area contributed by atoms with Gasteiger partial charge in [0, 0.05) is 12.1 Å². The average molecular weight is 328 g/mol. The Balaban J connectivity index is 1.90. The minimum atomic E-state index is -0.150. The van der Waals surface area contributed by atoms with E-state index >= 15 is 0 Å². The largest absolute Gasteiger partial charge is 0.467 e. The molecule has 0 unspecified atom stereocenters. The summed E-state index contributed by atoms with van der Waals surface area (Å²) in [5.74, 6) is 1.48. The highest BCUT2D eigenvalue weighted by atomic mass is 16.3. The van der Waals surface area contributed by atoms with Crippen LogP contribution in [0.3, 0.4) is 0 Å². The molecule has 0 aliphatic rings. The van der Waals surface area contributed by atoms with Crippen LogP contribution in [0.2, 0.25) is 0 Å². The Morgan fingerprint density at radius 1 is 1.25 bits per heavy atom. The van der Waals surface area contributed by atoms with Gasteiger partial charge in [-0.05, 0) is 35.7 Å². The van der Waals surface area contributed by atoms with E-state index in [4.69, 9.17) is 10.2 Å². The molecule has 0 bridgehead atoms. The van der Waals surface area contributed by atoms with Crippen LogP contribution in [0.5, 0.6) is 0 Å². The summed E-state index contributed by atoms with van der Waals surface area (Å²) in [7, 11) is 0. The number of benzene rings is 1. The van der Waals surface area contributed by atoms with Crippen LogP contribution in [0.15, 0.2) is 52.1 Å². The molecule has 1 aromatic carbocycles. The second-order valence-electron chi connectivity index (χ2n) is 5.94. The summed E-state index contributed by atoms with van der Waals surface area (Å²) in [6, 6.07) is 10.9. The third-order valence-electron chi connectivity index (χ3n) is 3.32. The lowest BCUT2D eigenvalue weighted by Gasteiger charge is -2.08. The Morgan fingerprint density at radius 3 is 2.79 bits per heavy atom. The van der Waals surface area contributed by atoms with Crippen molar-refractivity contribution in [2.75, 3.05) is 6.54 Å². The summed E-state index contributed by atoms with van der Waals surface area (Å²) >= 11 is 0. The van der Waals surface area contributed by atoms with Gasteiger partial charge >= 0.3 is 0 Å². The number of hydrogen-bond acceptors (Lipinski definition) is 3. The van der Waals surface area contributed by atoms with Crippen LogP contribution in [-0.2, 0) is 13.1 Å². The van der Waals surface area contributed by atoms with Gasteiger partial charge in [-0.3, -0.25) is 4.79 Å². The normalized spacial score (nSPS) is 11.5. The number of carbonyl (C=O) groups excluding carboxylic acids is 1. The van der Waals surface area contributed by atoms with Crippen molar-refractivity contribution in [3.63, 3.8) is 0 Å². The maximum Gasteiger partial charge on any atom is 0.251 e. The van der Waals surface area contributed by atoms with Gasteiger partial charge in [-0.25, -0.2) is 4.99 Å². The first-order chi connectivity index (χ1) is 11.5. The molecule has 1 amide bonds. The van der Waals surface area contributed by atoms with Crippen molar-refractivity contribution in [2.24, 2.45) is 16.6 Å². The molecule has 2 aromatic rings. The predicted molar refractivity (Wildman–Crippen MR) is 94.5 cm³/mol. The summed E-state index contributed by atoms with van der Waals surface area (Å²) in [5.41, 5.74) is 7.33. The Labute approximate surface area is 142 Å². The van der Waals surface area contributed by atoms with Gasteiger partial charge in [0.25, 0.3) is 5.91 Å². The van der Waals surface area contributed by atoms with Gasteiger partial charge in [0.05, 0.1) is 19.4 Å². The van der Waals surface area contributed by atoms with Crippen LogP contribution in [0.4, 0.5) is 0 Å². The van der Waals surface area contributed by atoms with E-state index in [1.807, 2.05) is 24.3 Å². The quantitative estimate of drug-likeness (QED) is 0.537. The summed E-state index contributed by atoms with van der Waals surface area (Å²) in [4.78, 5) is 16.5. The Hall–Kier alpha value is -2.76. The number of rotatable bonds is 7. The fourth-order valence-corrected chi connectivity index (χ4v) is 2.03. The lowest BCUT2D eigenvalue weighted by atomic mass is 10.1. The lowest BCUT2D eigenvalue weighted by Crippen LogP contribution is -2.34. The van der Waals surface area contributed by atoms with E-state index in [-0.39, 0.29) is 5.91 Å². The molecule has 24 heavy (non-hydrogen) atoms. The number of nitrogens with zero attached hydrogens (tertiary/aromatic N) is 1. The summed E-state index contributed by atoms with van der Waals surface area (Å²) in [6.45, 7) is 5.78. The molecule has 1 heterocycles. The Kier molecular flexibility index (Phi) is 6.42. The van der Waals surface area contributed by atoms with Gasteiger partial charge in [-0.2, -0.15) is 0 Å². The third kappa shape index (κ3) is 5.79. The fraction of sp³-hybridized carbons (Fsp3) is 0.333. The molecule has 1 aromatic heterocycles. The van der Waals surface area contributed by atoms with E-state index in [2.05, 4.69) is 29.5 Å². The van der Waals surface area contributed by atoms with Crippen molar-refractivity contribution in [1.29, 1.82) is 0 Å². The van der Waals surface area contributed by atoms with Crippen LogP contribution in [0.1, 0.15) is 35.5 Å². The molecule has 4 N–H and O–H groups in total. The highest BCUT2D eigenvalue weighted by Gasteiger charge is 2.07. The molecule has 0 aliphatic heterocycles. The highest BCUT2D eigenvalue weighted by Crippen LogP contribution is 2.07. The zero-order valence-electron chi connectivity index (χ0n) is 14.1. The second kappa shape index (κ2) is 8.76. The predicted octanol–water partition coefficient (Wildman–Crippen LogP) is 2.27. The highest BCUT2D eigenvalue weighted by molar-refractivity contribution is 5.94. The third-order valence-corrected chi connectivity index (χ3v) is 3.32. The van der Waals surface area contributed by atoms with Crippen LogP contribution < -0.4 is 16.4 Å². The molecular formula is C18H24N4O2. The van der Waals surface area contributed by atoms with E-state index < -0.39 is 0 Å². The number of hydrogen-bond donors (Lipinski definition) is 3. The van der Waals surface area contributed by atoms with Crippen LogP contribution in [0, 0.1) is 5.92 Å². The molecule has 128 valence electrons. The molecule has 0 atom stereocenters. The van der Waals surface area contributed by atoms with Crippen LogP contribution >= 0.6 is 0 Å². The summed E-state index contributed by atoms with van der Waals surface area (Å²) in [6.07, 6.45) is 1.58. The van der Waals surface area contributed by atoms with Crippen molar-refractivity contribution in [1.82, 2.24) is 10.6 Å². The number of carbonyl (C=O) groups is 1. The summed E-state index contributed by atoms with van der Waals surface area (Å²) < 4.78 is 5.19. The number of guanidine groups is 1. The van der Waals surface area contributed by atoms with Gasteiger partial charge in [0.15, 0.2) is 5.96 Å². The van der Waals surface area contributed by atoms with Gasteiger partial charge in [-0.15, -0.1) is 0 Å². The van der Waals surface area contributed by atoms with Crippen molar-refractivity contribution in [3.8, 4) is 0 Å². The maximum absolute atomic E-state index is 12.2. The first-order valence-electron chi connectivity index (χ1n) is 7.98. The van der Waals surface area contributed by atoms with Gasteiger partial charge in [0.1, 0.15) is 5.76 Å². The van der Waals surface area contributed by atoms with Gasteiger partial charge < -0.3 is 20.8 Å². The molecule has 0 radical (unpaired) electrons. The lowest BCUT2D eigenvalue weighted by molar-refractivity contribution is 0.0948. The first kappa shape index (κ1) is 17.6. The standard InChI is InChI=1S/C18H24N4O2/c1-13(2)10-21-18(19)22-11-14-5-3-6-15(9-14)17(23)20-12-16-7-4-8-24-16/h3-9,13H,10-12H2,1-2H3,(H,20,23)(H3,19,21,22). The maximum atomic E-state index is 12.2. The van der Waals surface area contributed by atoms with E-state index in [0.717, 1.165) is 12.1 Å². The molecule has 0 aliphatic carbocycles. The topological polar surface area (TPSA) is 92.6 Å². The SMILES string of the molecule is CC(C)CNC(N)=NCc1cccc(C(=O)NCc2ccco2)c1. The molecule has 0 saturated heterocycles. The molecule has 6 heteroatoms. The van der Waals surface area contributed by atoms with Gasteiger partial charge in [0.2, 0.25) is 0 Å². The zero-order chi connectivity index (χ0) is 17.4. The molecule has 0 fully saturated rings. The molecule has 2 rings (SSSR count). The molecular weight excluding hydrogens is 304 g/mol. The smallest absolute Gasteiger partial charge is 0.251 e. The molecule has 0 saturated carbocycles. The van der Waals surface area contributed by atoms with Crippen LogP contribution in [-0.4, -0.2) is 18.4 Å². The number of furan rings is 1. The first-order valence-corrected chi connectivity index (χ1v) is 7.98. The summed E-state index contributed by atoms with van der Waals surface area (Å²) in [5, 5.41) is 5.88. The minimum Gasteiger partial charge on any atom is -0.467 e. The van der Waals surface area contributed by atoms with E-state index in [0.29, 0.717) is 36.3 Å². The van der Waals surface area contributed by atoms with E-state index in [1.54, 1.807) is 18.4 Å². The average Bonchev–Trinajstić information content (AvgIpc) is 3.09. The zero-order valence-corrected chi connectivity index (χ0v) is 14.1. The van der Waals surface area contributed by atoms with Crippen molar-refractivity contribution in [3.05, 3.63) is 59.5 Å². The monoisotopic (exact) mass is 328 g/mol. The number of amides is 1. The molecule has 0 spiro atoms. The Bertz CT molecular complexity index is 678. The van der Waals surface area contributed by atoms with Crippen molar-refractivity contribution in [2.45, 2.75) is 26.9 Å². The van der Waals surface area contributed by atoms with Crippen LogP contribution in [0.25, 0.3) is 0 Å². The Morgan fingerprint density at radius 2 is 2.08 bits per heavy atom. The van der Waals surface area contributed by atoms with Gasteiger partial charge in [-0.1, -0.05) is 26.0 Å². The van der Waals surface area contributed by atoms with E-state index in [9.17, 15) is 4.79 Å². The van der Waals surface area contributed by atoms with Crippen molar-refractivity contribution >= 4 is 11.9 Å². The number of nitrogens with one attached hydrogen (secondary N) is 2. The number of nitrogens with two attached hydrogens (primary N) is 1. The molecule has 6 nitrogen and oxygen atoms in total. The van der Waals surface area contributed by atoms with Crippen molar-refractivity contribution < 1.29 is 9.21 Å².